The van der Waals surface area contributed by atoms with Gasteiger partial charge in [-0.15, -0.1) is 0 Å². The molecule has 0 atom stereocenters. The third-order valence-corrected chi connectivity index (χ3v) is 7.79. The van der Waals surface area contributed by atoms with Crippen LogP contribution in [0.25, 0.3) is 0 Å². The van der Waals surface area contributed by atoms with E-state index in [2.05, 4.69) is 33.9 Å². The highest BCUT2D eigenvalue weighted by Crippen LogP contribution is 2.39. The van der Waals surface area contributed by atoms with Crippen molar-refractivity contribution in [2.45, 2.75) is 58.7 Å². The van der Waals surface area contributed by atoms with Crippen LogP contribution in [0.15, 0.2) is 11.7 Å². The van der Waals surface area contributed by atoms with Crippen molar-refractivity contribution in [3.05, 3.63) is 11.7 Å². The molecule has 0 saturated carbocycles. The van der Waals surface area contributed by atoms with Gasteiger partial charge in [0.1, 0.15) is 0 Å². The van der Waals surface area contributed by atoms with Gasteiger partial charge in [0, 0.05) is 6.42 Å². The first-order valence-corrected chi connectivity index (χ1v) is 9.36. The van der Waals surface area contributed by atoms with E-state index in [1.807, 2.05) is 6.92 Å². The van der Waals surface area contributed by atoms with Gasteiger partial charge in [0.05, 0.1) is 13.2 Å². The molecule has 0 aromatic heterocycles. The second-order valence-electron chi connectivity index (χ2n) is 5.96. The van der Waals surface area contributed by atoms with Crippen LogP contribution >= 0.6 is 0 Å². The van der Waals surface area contributed by atoms with Crippen LogP contribution in [0.4, 0.5) is 0 Å². The lowest BCUT2D eigenvalue weighted by Gasteiger charge is -2.36. The molecule has 1 heterocycles. The molecule has 0 radical (unpaired) electrons. The van der Waals surface area contributed by atoms with E-state index in [4.69, 9.17) is 13.9 Å². The summed E-state index contributed by atoms with van der Waals surface area (Å²) in [5, 5.41) is 0.175. The molecule has 1 fully saturated rings. The predicted octanol–water partition coefficient (Wildman–Crippen LogP) is 4.02. The number of allylic oxidation sites excluding steroid dienone is 1. The van der Waals surface area contributed by atoms with Crippen LogP contribution in [0.3, 0.4) is 0 Å². The van der Waals surface area contributed by atoms with Crippen molar-refractivity contribution in [1.29, 1.82) is 0 Å². The highest BCUT2D eigenvalue weighted by molar-refractivity contribution is 6.74. The average Bonchev–Trinajstić information content (AvgIpc) is 2.67. The summed E-state index contributed by atoms with van der Waals surface area (Å²) in [5.74, 6) is 1.54. The van der Waals surface area contributed by atoms with Gasteiger partial charge >= 0.3 is 5.95 Å². The van der Waals surface area contributed by atoms with Crippen LogP contribution in [-0.2, 0) is 13.9 Å². The lowest BCUT2D eigenvalue weighted by molar-refractivity contribution is 0.0803. The lowest BCUT2D eigenvalue weighted by Crippen LogP contribution is -2.41. The Bertz CT molecular complexity index is 282. The smallest absolute Gasteiger partial charge is 0.305 e. The molecule has 0 unspecified atom stereocenters. The predicted molar refractivity (Wildman–Crippen MR) is 72.1 cm³/mol. The standard InChI is InChI=1S/C13H26O3Si/c1-7-14-12(11-9-8-10-15-11)16-17(5,6)13(2,3)4/h7-10H2,1-6H3/b12-11+. The summed E-state index contributed by atoms with van der Waals surface area (Å²) in [6.45, 7) is 14.5. The number of rotatable bonds is 4. The minimum absolute atomic E-state index is 0.175. The van der Waals surface area contributed by atoms with E-state index in [1.54, 1.807) is 0 Å². The molecule has 0 aromatic rings. The number of hydrogen-bond donors (Lipinski definition) is 0. The maximum absolute atomic E-state index is 6.20. The Labute approximate surface area is 106 Å². The third kappa shape index (κ3) is 3.66. The first-order valence-electron chi connectivity index (χ1n) is 6.45. The summed E-state index contributed by atoms with van der Waals surface area (Å²) in [5.41, 5.74) is 0. The van der Waals surface area contributed by atoms with Gasteiger partial charge in [-0.1, -0.05) is 20.8 Å². The van der Waals surface area contributed by atoms with Gasteiger partial charge in [-0.05, 0) is 31.5 Å². The fraction of sp³-hybridized carbons (Fsp3) is 0.846. The molecule has 1 saturated heterocycles. The van der Waals surface area contributed by atoms with Crippen LogP contribution in [0.2, 0.25) is 18.1 Å². The zero-order valence-corrected chi connectivity index (χ0v) is 13.1. The molecule has 3 nitrogen and oxygen atoms in total. The van der Waals surface area contributed by atoms with Crippen molar-refractivity contribution >= 4 is 8.32 Å². The third-order valence-electron chi connectivity index (χ3n) is 3.48. The van der Waals surface area contributed by atoms with Gasteiger partial charge in [-0.3, -0.25) is 0 Å². The quantitative estimate of drug-likeness (QED) is 0.563. The summed E-state index contributed by atoms with van der Waals surface area (Å²) >= 11 is 0. The van der Waals surface area contributed by atoms with Crippen molar-refractivity contribution in [3.63, 3.8) is 0 Å². The fourth-order valence-corrected chi connectivity index (χ4v) is 2.29. The van der Waals surface area contributed by atoms with E-state index < -0.39 is 8.32 Å². The van der Waals surface area contributed by atoms with E-state index in [0.717, 1.165) is 25.2 Å². The molecule has 100 valence electrons. The number of hydrogen-bond acceptors (Lipinski definition) is 3. The van der Waals surface area contributed by atoms with Crippen molar-refractivity contribution in [2.75, 3.05) is 13.2 Å². The van der Waals surface area contributed by atoms with Gasteiger partial charge in [0.25, 0.3) is 8.32 Å². The Kier molecular flexibility index (Phi) is 4.53. The zero-order chi connectivity index (χ0) is 13.1. The van der Waals surface area contributed by atoms with E-state index in [0.29, 0.717) is 12.6 Å². The Balaban J connectivity index is 2.84. The molecule has 1 aliphatic heterocycles. The van der Waals surface area contributed by atoms with Crippen molar-refractivity contribution in [2.24, 2.45) is 0 Å². The molecule has 0 N–H and O–H groups in total. The summed E-state index contributed by atoms with van der Waals surface area (Å²) in [6, 6.07) is 0. The van der Waals surface area contributed by atoms with Crippen LogP contribution in [0.1, 0.15) is 40.5 Å². The minimum Gasteiger partial charge on any atom is -0.517 e. The topological polar surface area (TPSA) is 27.7 Å². The lowest BCUT2D eigenvalue weighted by atomic mass is 10.2. The van der Waals surface area contributed by atoms with Crippen LogP contribution < -0.4 is 0 Å². The summed E-state index contributed by atoms with van der Waals surface area (Å²) in [7, 11) is -1.84. The second kappa shape index (κ2) is 5.34. The van der Waals surface area contributed by atoms with Gasteiger partial charge in [0.15, 0.2) is 5.76 Å². The molecule has 1 rings (SSSR count). The van der Waals surface area contributed by atoms with E-state index >= 15 is 0 Å². The van der Waals surface area contributed by atoms with E-state index in [1.165, 1.54) is 0 Å². The molecule has 17 heavy (non-hydrogen) atoms. The van der Waals surface area contributed by atoms with Gasteiger partial charge in [-0.25, -0.2) is 0 Å². The van der Waals surface area contributed by atoms with Crippen molar-refractivity contribution in [3.8, 4) is 0 Å². The van der Waals surface area contributed by atoms with Crippen LogP contribution in [-0.4, -0.2) is 21.5 Å². The molecule has 0 spiro atoms. The average molecular weight is 258 g/mol. The highest BCUT2D eigenvalue weighted by Gasteiger charge is 2.40. The van der Waals surface area contributed by atoms with Crippen LogP contribution in [0, 0.1) is 0 Å². The highest BCUT2D eigenvalue weighted by atomic mass is 28.4. The summed E-state index contributed by atoms with van der Waals surface area (Å²) in [6.07, 6.45) is 2.00. The first kappa shape index (κ1) is 14.4. The summed E-state index contributed by atoms with van der Waals surface area (Å²) in [4.78, 5) is 0. The van der Waals surface area contributed by atoms with Gasteiger partial charge < -0.3 is 13.9 Å². The first-order chi connectivity index (χ1) is 7.78. The SMILES string of the molecule is CCO/C(O[Si](C)(C)C(C)(C)C)=C1/CCCO1. The summed E-state index contributed by atoms with van der Waals surface area (Å²) < 4.78 is 17.4. The molecular formula is C13H26O3Si. The van der Waals surface area contributed by atoms with Crippen molar-refractivity contribution < 1.29 is 13.9 Å². The maximum Gasteiger partial charge on any atom is 0.305 e. The molecule has 0 bridgehead atoms. The monoisotopic (exact) mass is 258 g/mol. The maximum atomic E-state index is 6.20. The Morgan fingerprint density at radius 1 is 1.35 bits per heavy atom. The Hall–Kier alpha value is -0.643. The second-order valence-corrected chi connectivity index (χ2v) is 10.7. The van der Waals surface area contributed by atoms with Gasteiger partial charge in [-0.2, -0.15) is 0 Å². The zero-order valence-electron chi connectivity index (χ0n) is 12.1. The normalized spacial score (nSPS) is 19.9. The fourth-order valence-electron chi connectivity index (χ4n) is 1.34. The number of ether oxygens (including phenoxy) is 2. The molecule has 0 aromatic carbocycles. The largest absolute Gasteiger partial charge is 0.517 e. The van der Waals surface area contributed by atoms with Gasteiger partial charge in [0.2, 0.25) is 0 Å². The molecule has 1 aliphatic rings. The molecule has 0 amide bonds. The van der Waals surface area contributed by atoms with E-state index in [9.17, 15) is 0 Å². The molecule has 4 heteroatoms. The van der Waals surface area contributed by atoms with E-state index in [-0.39, 0.29) is 5.04 Å². The molecule has 0 aliphatic carbocycles. The Morgan fingerprint density at radius 2 is 2.00 bits per heavy atom. The molecular weight excluding hydrogens is 232 g/mol. The minimum atomic E-state index is -1.84. The van der Waals surface area contributed by atoms with Crippen LogP contribution in [0.5, 0.6) is 0 Å². The van der Waals surface area contributed by atoms with Crippen molar-refractivity contribution in [1.82, 2.24) is 0 Å². The Morgan fingerprint density at radius 3 is 2.41 bits per heavy atom.